The second-order valence-corrected chi connectivity index (χ2v) is 4.26. The first-order valence-corrected chi connectivity index (χ1v) is 5.97. The van der Waals surface area contributed by atoms with Crippen LogP contribution in [-0.4, -0.2) is 27.5 Å². The van der Waals surface area contributed by atoms with E-state index < -0.39 is 5.97 Å². The van der Waals surface area contributed by atoms with E-state index in [0.717, 1.165) is 18.4 Å². The number of nitrogens with zero attached hydrogens (tertiary/aromatic N) is 2. The number of rotatable bonds is 7. The second-order valence-electron chi connectivity index (χ2n) is 4.26. The van der Waals surface area contributed by atoms with E-state index in [9.17, 15) is 4.79 Å². The van der Waals surface area contributed by atoms with Crippen LogP contribution in [0.2, 0.25) is 0 Å². The molecule has 0 aromatic carbocycles. The zero-order chi connectivity index (χ0) is 12.8. The number of ether oxygens (including phenoxy) is 1. The van der Waals surface area contributed by atoms with Gasteiger partial charge in [-0.1, -0.05) is 13.3 Å². The van der Waals surface area contributed by atoms with Crippen LogP contribution in [0.5, 0.6) is 5.88 Å². The highest BCUT2D eigenvalue weighted by atomic mass is 16.5. The van der Waals surface area contributed by atoms with Gasteiger partial charge in [-0.05, 0) is 20.3 Å². The van der Waals surface area contributed by atoms with E-state index in [1.54, 1.807) is 10.9 Å². The van der Waals surface area contributed by atoms with Crippen LogP contribution in [0.3, 0.4) is 0 Å². The first-order valence-electron chi connectivity index (χ1n) is 5.97. The zero-order valence-electron chi connectivity index (χ0n) is 10.6. The Morgan fingerprint density at radius 1 is 1.59 bits per heavy atom. The summed E-state index contributed by atoms with van der Waals surface area (Å²) < 4.78 is 7.35. The van der Waals surface area contributed by atoms with Crippen LogP contribution in [0.15, 0.2) is 6.20 Å². The molecule has 0 radical (unpaired) electrons. The Kier molecular flexibility index (Phi) is 5.00. The summed E-state index contributed by atoms with van der Waals surface area (Å²) in [6.45, 7) is 6.32. The Morgan fingerprint density at radius 3 is 2.82 bits per heavy atom. The summed E-state index contributed by atoms with van der Waals surface area (Å²) in [4.78, 5) is 10.5. The van der Waals surface area contributed by atoms with Crippen molar-refractivity contribution in [3.63, 3.8) is 0 Å². The molecule has 0 unspecified atom stereocenters. The van der Waals surface area contributed by atoms with Gasteiger partial charge in [0.15, 0.2) is 0 Å². The van der Waals surface area contributed by atoms with Gasteiger partial charge < -0.3 is 9.84 Å². The van der Waals surface area contributed by atoms with Gasteiger partial charge in [0.2, 0.25) is 5.88 Å². The Balaban J connectivity index is 2.76. The summed E-state index contributed by atoms with van der Waals surface area (Å²) in [6.07, 6.45) is 3.72. The average Bonchev–Trinajstić information content (AvgIpc) is 2.62. The molecule has 5 nitrogen and oxygen atoms in total. The molecule has 1 aromatic heterocycles. The van der Waals surface area contributed by atoms with Crippen LogP contribution >= 0.6 is 0 Å². The molecule has 0 aliphatic heterocycles. The summed E-state index contributed by atoms with van der Waals surface area (Å²) in [5.74, 6) is -0.138. The molecule has 96 valence electrons. The first kappa shape index (κ1) is 13.5. The van der Waals surface area contributed by atoms with Crippen LogP contribution in [-0.2, 0) is 11.2 Å². The Morgan fingerprint density at radius 2 is 2.29 bits per heavy atom. The van der Waals surface area contributed by atoms with Gasteiger partial charge in [-0.25, -0.2) is 4.68 Å². The fraction of sp³-hybridized carbons (Fsp3) is 0.667. The fourth-order valence-electron chi connectivity index (χ4n) is 1.59. The molecule has 0 spiro atoms. The van der Waals surface area contributed by atoms with E-state index >= 15 is 0 Å². The molecule has 5 heteroatoms. The molecule has 0 aliphatic carbocycles. The SMILES string of the molecule is CCCc1cnn(C(C)C)c1OCCC(=O)O. The number of carboxylic acid groups (broad SMARTS) is 1. The van der Waals surface area contributed by atoms with Gasteiger partial charge in [0.1, 0.15) is 6.61 Å². The van der Waals surface area contributed by atoms with E-state index in [1.165, 1.54) is 0 Å². The van der Waals surface area contributed by atoms with Crippen molar-refractivity contribution in [2.24, 2.45) is 0 Å². The molecule has 1 rings (SSSR count). The van der Waals surface area contributed by atoms with Crippen LogP contribution < -0.4 is 4.74 Å². The maximum atomic E-state index is 10.5. The predicted octanol–water partition coefficient (Wildman–Crippen LogP) is 2.27. The third-order valence-corrected chi connectivity index (χ3v) is 2.38. The number of hydrogen-bond acceptors (Lipinski definition) is 3. The molecule has 1 N–H and O–H groups in total. The van der Waals surface area contributed by atoms with Crippen molar-refractivity contribution in [3.05, 3.63) is 11.8 Å². The van der Waals surface area contributed by atoms with E-state index in [-0.39, 0.29) is 19.1 Å². The summed E-state index contributed by atoms with van der Waals surface area (Å²) in [5.41, 5.74) is 1.05. The Labute approximate surface area is 101 Å². The molecule has 0 atom stereocenters. The molecule has 0 amide bonds. The van der Waals surface area contributed by atoms with Gasteiger partial charge in [-0.2, -0.15) is 5.10 Å². The number of carboxylic acids is 1. The normalized spacial score (nSPS) is 10.8. The number of aryl methyl sites for hydroxylation is 1. The highest BCUT2D eigenvalue weighted by Gasteiger charge is 2.14. The average molecular weight is 240 g/mol. The van der Waals surface area contributed by atoms with E-state index in [4.69, 9.17) is 9.84 Å². The molecular formula is C12H20N2O3. The second kappa shape index (κ2) is 6.27. The lowest BCUT2D eigenvalue weighted by Gasteiger charge is -2.13. The molecule has 17 heavy (non-hydrogen) atoms. The van der Waals surface area contributed by atoms with Crippen molar-refractivity contribution < 1.29 is 14.6 Å². The van der Waals surface area contributed by atoms with Gasteiger partial charge in [0.25, 0.3) is 0 Å². The minimum Gasteiger partial charge on any atom is -0.481 e. The summed E-state index contributed by atoms with van der Waals surface area (Å²) in [5, 5.41) is 12.9. The molecule has 0 saturated carbocycles. The van der Waals surface area contributed by atoms with Crippen molar-refractivity contribution in [3.8, 4) is 5.88 Å². The van der Waals surface area contributed by atoms with Gasteiger partial charge in [0.05, 0.1) is 18.7 Å². The summed E-state index contributed by atoms with van der Waals surface area (Å²) >= 11 is 0. The zero-order valence-corrected chi connectivity index (χ0v) is 10.6. The number of carbonyl (C=O) groups is 1. The largest absolute Gasteiger partial charge is 0.481 e. The van der Waals surface area contributed by atoms with Gasteiger partial charge in [-0.3, -0.25) is 4.79 Å². The monoisotopic (exact) mass is 240 g/mol. The lowest BCUT2D eigenvalue weighted by molar-refractivity contribution is -0.137. The highest BCUT2D eigenvalue weighted by Crippen LogP contribution is 2.23. The molecular weight excluding hydrogens is 220 g/mol. The Hall–Kier alpha value is -1.52. The highest BCUT2D eigenvalue weighted by molar-refractivity contribution is 5.66. The van der Waals surface area contributed by atoms with Gasteiger partial charge in [-0.15, -0.1) is 0 Å². The fourth-order valence-corrected chi connectivity index (χ4v) is 1.59. The number of aliphatic carboxylic acids is 1. The van der Waals surface area contributed by atoms with Crippen molar-refractivity contribution in [2.45, 2.75) is 46.1 Å². The lowest BCUT2D eigenvalue weighted by Crippen LogP contribution is -2.11. The lowest BCUT2D eigenvalue weighted by atomic mass is 10.2. The van der Waals surface area contributed by atoms with Crippen LogP contribution in [0.1, 0.15) is 45.2 Å². The smallest absolute Gasteiger partial charge is 0.306 e. The summed E-state index contributed by atoms with van der Waals surface area (Å²) in [6, 6.07) is 0.209. The van der Waals surface area contributed by atoms with E-state index in [0.29, 0.717) is 5.88 Å². The topological polar surface area (TPSA) is 64.4 Å². The third kappa shape index (κ3) is 3.76. The Bertz CT molecular complexity index is 372. The minimum atomic E-state index is -0.849. The summed E-state index contributed by atoms with van der Waals surface area (Å²) in [7, 11) is 0. The van der Waals surface area contributed by atoms with E-state index in [1.807, 2.05) is 13.8 Å². The molecule has 1 aromatic rings. The van der Waals surface area contributed by atoms with Crippen LogP contribution in [0.4, 0.5) is 0 Å². The number of aromatic nitrogens is 2. The molecule has 0 bridgehead atoms. The molecule has 1 heterocycles. The maximum absolute atomic E-state index is 10.5. The van der Waals surface area contributed by atoms with Crippen molar-refractivity contribution in [1.82, 2.24) is 9.78 Å². The third-order valence-electron chi connectivity index (χ3n) is 2.38. The molecule has 0 aliphatic rings. The standard InChI is InChI=1S/C12H20N2O3/c1-4-5-10-8-13-14(9(2)3)12(10)17-7-6-11(15)16/h8-9H,4-7H2,1-3H3,(H,15,16). The predicted molar refractivity (Wildman–Crippen MR) is 64.4 cm³/mol. The van der Waals surface area contributed by atoms with Crippen molar-refractivity contribution >= 4 is 5.97 Å². The first-order chi connectivity index (χ1) is 8.06. The molecule has 0 saturated heterocycles. The van der Waals surface area contributed by atoms with Gasteiger partial charge in [0, 0.05) is 5.56 Å². The maximum Gasteiger partial charge on any atom is 0.306 e. The van der Waals surface area contributed by atoms with Crippen molar-refractivity contribution in [1.29, 1.82) is 0 Å². The minimum absolute atomic E-state index is 0.00877. The van der Waals surface area contributed by atoms with Crippen LogP contribution in [0.25, 0.3) is 0 Å². The van der Waals surface area contributed by atoms with Crippen molar-refractivity contribution in [2.75, 3.05) is 6.61 Å². The van der Waals surface area contributed by atoms with Crippen LogP contribution in [0, 0.1) is 0 Å². The quantitative estimate of drug-likeness (QED) is 0.794. The van der Waals surface area contributed by atoms with E-state index in [2.05, 4.69) is 12.0 Å². The molecule has 0 fully saturated rings. The number of hydrogen-bond donors (Lipinski definition) is 1. The van der Waals surface area contributed by atoms with Gasteiger partial charge >= 0.3 is 5.97 Å².